The molecule has 20 heavy (non-hydrogen) atoms. The van der Waals surface area contributed by atoms with Crippen LogP contribution in [0.3, 0.4) is 0 Å². The molecule has 1 heterocycles. The van der Waals surface area contributed by atoms with Gasteiger partial charge >= 0.3 is 5.97 Å². The quantitative estimate of drug-likeness (QED) is 0.834. The third kappa shape index (κ3) is 2.55. The molecule has 0 atom stereocenters. The van der Waals surface area contributed by atoms with E-state index in [-0.39, 0.29) is 16.9 Å². The zero-order valence-corrected chi connectivity index (χ0v) is 13.7. The zero-order chi connectivity index (χ0) is 15.0. The number of ketones is 1. The van der Waals surface area contributed by atoms with Crippen molar-refractivity contribution in [3.05, 3.63) is 54.7 Å². The minimum absolute atomic E-state index is 0.0942. The molecule has 3 nitrogen and oxygen atoms in total. The molecule has 0 aliphatic rings. The summed E-state index contributed by atoms with van der Waals surface area (Å²) in [7, 11) is 0. The summed E-state index contributed by atoms with van der Waals surface area (Å²) in [6.45, 7) is 5.32. The number of carbonyl (C=O) groups excluding carboxylic acids is 1. The summed E-state index contributed by atoms with van der Waals surface area (Å²) in [6, 6.07) is 5.26. The van der Waals surface area contributed by atoms with Crippen molar-refractivity contribution >= 4 is 39.0 Å². The molecule has 0 saturated carbocycles. The van der Waals surface area contributed by atoms with E-state index in [9.17, 15) is 14.7 Å². The van der Waals surface area contributed by atoms with E-state index >= 15 is 0 Å². The fourth-order valence-electron chi connectivity index (χ4n) is 2.19. The number of halogens is 1. The number of hydrogen-bond donors (Lipinski definition) is 1. The minimum Gasteiger partial charge on any atom is -0.478 e. The Labute approximate surface area is 129 Å². The summed E-state index contributed by atoms with van der Waals surface area (Å²) in [6.07, 6.45) is 0. The summed E-state index contributed by atoms with van der Waals surface area (Å²) in [5.74, 6) is -1.30. The Bertz CT molecular complexity index is 716. The Morgan fingerprint density at radius 1 is 1.10 bits per heavy atom. The second-order valence-electron chi connectivity index (χ2n) is 4.60. The highest BCUT2D eigenvalue weighted by molar-refractivity contribution is 9.11. The highest BCUT2D eigenvalue weighted by atomic mass is 79.9. The molecule has 104 valence electrons. The number of carboxylic acids is 1. The Balaban J connectivity index is 2.69. The van der Waals surface area contributed by atoms with Gasteiger partial charge in [0.05, 0.1) is 9.35 Å². The van der Waals surface area contributed by atoms with Gasteiger partial charge in [0.25, 0.3) is 0 Å². The molecule has 2 rings (SSSR count). The molecule has 2 aromatic rings. The molecular weight excluding hydrogens is 340 g/mol. The molecule has 0 aliphatic heterocycles. The number of carbonyl (C=O) groups is 2. The van der Waals surface area contributed by atoms with Crippen LogP contribution in [-0.2, 0) is 0 Å². The highest BCUT2D eigenvalue weighted by Gasteiger charge is 2.24. The smallest absolute Gasteiger partial charge is 0.336 e. The van der Waals surface area contributed by atoms with Gasteiger partial charge in [-0.15, -0.1) is 11.3 Å². The summed E-state index contributed by atoms with van der Waals surface area (Å²) >= 11 is 4.82. The lowest BCUT2D eigenvalue weighted by molar-refractivity contribution is 0.0692. The van der Waals surface area contributed by atoms with Gasteiger partial charge in [-0.2, -0.15) is 0 Å². The predicted octanol–water partition coefficient (Wildman–Crippen LogP) is 4.37. The molecule has 0 unspecified atom stereocenters. The predicted molar refractivity (Wildman–Crippen MR) is 83.1 cm³/mol. The van der Waals surface area contributed by atoms with E-state index in [1.165, 1.54) is 11.3 Å². The van der Waals surface area contributed by atoms with Crippen molar-refractivity contribution in [3.63, 3.8) is 0 Å². The van der Waals surface area contributed by atoms with Gasteiger partial charge in [0.1, 0.15) is 0 Å². The van der Waals surface area contributed by atoms with Crippen LogP contribution in [0.2, 0.25) is 0 Å². The monoisotopic (exact) mass is 352 g/mol. The number of thiophene rings is 1. The van der Waals surface area contributed by atoms with Gasteiger partial charge in [-0.3, -0.25) is 4.79 Å². The van der Waals surface area contributed by atoms with E-state index in [1.54, 1.807) is 32.0 Å². The third-order valence-corrected chi connectivity index (χ3v) is 4.75. The average Bonchev–Trinajstić information content (AvgIpc) is 2.69. The Morgan fingerprint density at radius 3 is 2.10 bits per heavy atom. The van der Waals surface area contributed by atoms with Crippen molar-refractivity contribution in [1.82, 2.24) is 0 Å². The zero-order valence-electron chi connectivity index (χ0n) is 11.3. The SMILES string of the molecule is Cc1ccc(C)c(C(=O)c2cc(Br)sc2C)c1C(=O)O. The van der Waals surface area contributed by atoms with Crippen molar-refractivity contribution in [2.45, 2.75) is 20.8 Å². The maximum absolute atomic E-state index is 12.7. The van der Waals surface area contributed by atoms with E-state index in [0.717, 1.165) is 8.66 Å². The first-order valence-corrected chi connectivity index (χ1v) is 7.58. The summed E-state index contributed by atoms with van der Waals surface area (Å²) in [4.78, 5) is 25.0. The van der Waals surface area contributed by atoms with E-state index in [4.69, 9.17) is 0 Å². The van der Waals surface area contributed by atoms with Gasteiger partial charge < -0.3 is 5.11 Å². The summed E-state index contributed by atoms with van der Waals surface area (Å²) < 4.78 is 0.862. The first-order valence-electron chi connectivity index (χ1n) is 5.97. The number of hydrogen-bond acceptors (Lipinski definition) is 3. The number of aryl methyl sites for hydroxylation is 3. The van der Waals surface area contributed by atoms with E-state index in [1.807, 2.05) is 6.92 Å². The first-order chi connectivity index (χ1) is 9.32. The lowest BCUT2D eigenvalue weighted by atomic mass is 9.91. The summed E-state index contributed by atoms with van der Waals surface area (Å²) in [5.41, 5.74) is 2.21. The van der Waals surface area contributed by atoms with Crippen LogP contribution < -0.4 is 0 Å². The molecule has 5 heteroatoms. The van der Waals surface area contributed by atoms with E-state index < -0.39 is 5.97 Å². The number of rotatable bonds is 3. The van der Waals surface area contributed by atoms with Crippen LogP contribution in [-0.4, -0.2) is 16.9 Å². The van der Waals surface area contributed by atoms with Crippen molar-refractivity contribution in [2.75, 3.05) is 0 Å². The normalized spacial score (nSPS) is 10.6. The Kier molecular flexibility index (Phi) is 4.11. The number of benzene rings is 1. The van der Waals surface area contributed by atoms with Gasteiger partial charge in [0.2, 0.25) is 0 Å². The molecule has 0 aliphatic carbocycles. The van der Waals surface area contributed by atoms with Gasteiger partial charge in [-0.05, 0) is 53.9 Å². The lowest BCUT2D eigenvalue weighted by Gasteiger charge is -2.11. The second kappa shape index (κ2) is 5.50. The fraction of sp³-hybridized carbons (Fsp3) is 0.200. The van der Waals surface area contributed by atoms with Crippen LogP contribution in [0.4, 0.5) is 0 Å². The molecule has 1 aromatic heterocycles. The topological polar surface area (TPSA) is 54.4 Å². The van der Waals surface area contributed by atoms with Gasteiger partial charge in [0.15, 0.2) is 5.78 Å². The Morgan fingerprint density at radius 2 is 1.65 bits per heavy atom. The van der Waals surface area contributed by atoms with Crippen LogP contribution in [0.5, 0.6) is 0 Å². The fourth-order valence-corrected chi connectivity index (χ4v) is 3.87. The average molecular weight is 353 g/mol. The number of carboxylic acid groups (broad SMARTS) is 1. The first kappa shape index (κ1) is 14.9. The van der Waals surface area contributed by atoms with Crippen molar-refractivity contribution in [1.29, 1.82) is 0 Å². The molecule has 0 spiro atoms. The van der Waals surface area contributed by atoms with E-state index in [2.05, 4.69) is 15.9 Å². The summed E-state index contributed by atoms with van der Waals surface area (Å²) in [5, 5.41) is 9.38. The molecule has 0 bridgehead atoms. The maximum Gasteiger partial charge on any atom is 0.336 e. The largest absolute Gasteiger partial charge is 0.478 e. The molecule has 1 aromatic carbocycles. The van der Waals surface area contributed by atoms with Crippen molar-refractivity contribution in [2.24, 2.45) is 0 Å². The maximum atomic E-state index is 12.7. The second-order valence-corrected chi connectivity index (χ2v) is 7.24. The molecule has 0 saturated heterocycles. The van der Waals surface area contributed by atoms with Crippen LogP contribution in [0.15, 0.2) is 22.0 Å². The lowest BCUT2D eigenvalue weighted by Crippen LogP contribution is -2.13. The molecular formula is C15H13BrO3S. The Hall–Kier alpha value is -1.46. The molecule has 0 amide bonds. The van der Waals surface area contributed by atoms with Crippen LogP contribution in [0, 0.1) is 20.8 Å². The minimum atomic E-state index is -1.07. The molecule has 0 radical (unpaired) electrons. The van der Waals surface area contributed by atoms with Crippen LogP contribution in [0.1, 0.15) is 42.3 Å². The van der Waals surface area contributed by atoms with Crippen LogP contribution in [0.25, 0.3) is 0 Å². The van der Waals surface area contributed by atoms with Crippen molar-refractivity contribution < 1.29 is 14.7 Å². The molecule has 0 fully saturated rings. The standard InChI is InChI=1S/C15H13BrO3S/c1-7-4-5-8(2)13(15(18)19)12(7)14(17)10-6-11(16)20-9(10)3/h4-6H,1-3H3,(H,18,19). The van der Waals surface area contributed by atoms with Crippen molar-refractivity contribution in [3.8, 4) is 0 Å². The van der Waals surface area contributed by atoms with E-state index in [0.29, 0.717) is 16.7 Å². The third-order valence-electron chi connectivity index (χ3n) is 3.20. The van der Waals surface area contributed by atoms with Gasteiger partial charge in [-0.25, -0.2) is 4.79 Å². The number of aromatic carboxylic acids is 1. The highest BCUT2D eigenvalue weighted by Crippen LogP contribution is 2.30. The van der Waals surface area contributed by atoms with Gasteiger partial charge in [0, 0.05) is 16.0 Å². The van der Waals surface area contributed by atoms with Crippen LogP contribution >= 0.6 is 27.3 Å². The molecule has 1 N–H and O–H groups in total. The van der Waals surface area contributed by atoms with Gasteiger partial charge in [-0.1, -0.05) is 12.1 Å².